The van der Waals surface area contributed by atoms with Crippen molar-refractivity contribution in [1.29, 1.82) is 0 Å². The Morgan fingerprint density at radius 1 is 1.29 bits per heavy atom. The van der Waals surface area contributed by atoms with Crippen molar-refractivity contribution < 1.29 is 13.7 Å². The molecule has 0 aliphatic heterocycles. The molecule has 1 aromatic carbocycles. The third-order valence-corrected chi connectivity index (χ3v) is 5.32. The van der Waals surface area contributed by atoms with Crippen LogP contribution in [0.5, 0.6) is 0 Å². The van der Waals surface area contributed by atoms with Gasteiger partial charge < -0.3 is 0 Å². The molecule has 8 heteroatoms. The predicted molar refractivity (Wildman–Crippen MR) is 71.1 cm³/mol. The Balaban J connectivity index is 3.12. The van der Waals surface area contributed by atoms with Gasteiger partial charge in [0.05, 0.1) is 4.92 Å². The minimum absolute atomic E-state index is 0.142. The Bertz CT molecular complexity index is 426. The highest BCUT2D eigenvalue weighted by molar-refractivity contribution is 9.25. The van der Waals surface area contributed by atoms with Gasteiger partial charge in [-0.2, -0.15) is 8.78 Å². The molecule has 0 aliphatic carbocycles. The van der Waals surface area contributed by atoms with Gasteiger partial charge in [-0.05, 0) is 24.0 Å². The molecule has 0 radical (unpaired) electrons. The van der Waals surface area contributed by atoms with Gasteiger partial charge in [-0.15, -0.1) is 0 Å². The first-order valence-corrected chi connectivity index (χ1v) is 7.09. The minimum Gasteiger partial charge on any atom is -0.258 e. The summed E-state index contributed by atoms with van der Waals surface area (Å²) in [7, 11) is 0. The predicted octanol–water partition coefficient (Wildman–Crippen LogP) is 4.49. The summed E-state index contributed by atoms with van der Waals surface area (Å²) in [6.45, 7) is 0. The Hall–Kier alpha value is -0.210. The molecule has 1 aromatic rings. The summed E-state index contributed by atoms with van der Waals surface area (Å²) in [4.78, 5) is 9.86. The van der Waals surface area contributed by atoms with Crippen molar-refractivity contribution >= 4 is 49.3 Å². The highest BCUT2D eigenvalue weighted by Gasteiger charge is 2.51. The van der Waals surface area contributed by atoms with E-state index in [1.54, 1.807) is 0 Å². The SMILES string of the molecule is CSC(F)(F)C(Br)(Br)c1ccc([N+](=O)[O-])cc1. The number of benzene rings is 1. The fraction of sp³-hybridized carbons (Fsp3) is 0.333. The summed E-state index contributed by atoms with van der Waals surface area (Å²) in [5, 5.41) is 7.35. The lowest BCUT2D eigenvalue weighted by Gasteiger charge is -2.29. The van der Waals surface area contributed by atoms with E-state index in [2.05, 4.69) is 31.9 Å². The van der Waals surface area contributed by atoms with Crippen molar-refractivity contribution in [1.82, 2.24) is 0 Å². The molecule has 3 nitrogen and oxygen atoms in total. The molecule has 0 bridgehead atoms. The molecular weight excluding hydrogens is 384 g/mol. The van der Waals surface area contributed by atoms with Crippen LogP contribution in [0, 0.1) is 10.1 Å². The van der Waals surface area contributed by atoms with Crippen LogP contribution < -0.4 is 0 Å². The van der Waals surface area contributed by atoms with Gasteiger partial charge >= 0.3 is 5.25 Å². The number of halogens is 4. The maximum Gasteiger partial charge on any atom is 0.322 e. The summed E-state index contributed by atoms with van der Waals surface area (Å²) in [5.41, 5.74) is 0.0690. The number of nitro groups is 1. The average Bonchev–Trinajstić information content (AvgIpc) is 2.28. The van der Waals surface area contributed by atoms with Crippen LogP contribution in [0.2, 0.25) is 0 Å². The first-order chi connectivity index (χ1) is 7.72. The molecule has 0 saturated carbocycles. The van der Waals surface area contributed by atoms with Crippen LogP contribution >= 0.6 is 43.6 Å². The number of hydrogen-bond acceptors (Lipinski definition) is 3. The van der Waals surface area contributed by atoms with E-state index in [0.717, 1.165) is 0 Å². The Morgan fingerprint density at radius 2 is 1.76 bits per heavy atom. The number of nitrogens with zero attached hydrogens (tertiary/aromatic N) is 1. The zero-order chi connectivity index (χ0) is 13.3. The van der Waals surface area contributed by atoms with Gasteiger partial charge in [0, 0.05) is 12.1 Å². The lowest BCUT2D eigenvalue weighted by molar-refractivity contribution is -0.384. The monoisotopic (exact) mass is 389 g/mol. The van der Waals surface area contributed by atoms with E-state index in [-0.39, 0.29) is 11.3 Å². The van der Waals surface area contributed by atoms with E-state index in [9.17, 15) is 18.9 Å². The third-order valence-electron chi connectivity index (χ3n) is 2.06. The summed E-state index contributed by atoms with van der Waals surface area (Å²) in [6, 6.07) is 4.93. The molecule has 0 heterocycles. The number of rotatable bonds is 4. The van der Waals surface area contributed by atoms with Gasteiger partial charge in [-0.1, -0.05) is 43.6 Å². The number of alkyl halides is 4. The maximum atomic E-state index is 13.6. The summed E-state index contributed by atoms with van der Waals surface area (Å²) >= 11 is 6.20. The lowest BCUT2D eigenvalue weighted by atomic mass is 10.1. The smallest absolute Gasteiger partial charge is 0.258 e. The molecule has 17 heavy (non-hydrogen) atoms. The zero-order valence-corrected chi connectivity index (χ0v) is 12.5. The second kappa shape index (κ2) is 5.19. The summed E-state index contributed by atoms with van der Waals surface area (Å²) in [6.07, 6.45) is 1.28. The van der Waals surface area contributed by atoms with Crippen LogP contribution in [0.25, 0.3) is 0 Å². The molecule has 0 amide bonds. The number of hydrogen-bond donors (Lipinski definition) is 0. The molecule has 1 rings (SSSR count). The molecule has 0 aliphatic rings. The third kappa shape index (κ3) is 2.97. The fourth-order valence-electron chi connectivity index (χ4n) is 1.09. The summed E-state index contributed by atoms with van der Waals surface area (Å²) in [5.74, 6) is 0. The molecule has 0 unspecified atom stereocenters. The average molecular weight is 391 g/mol. The minimum atomic E-state index is -3.09. The van der Waals surface area contributed by atoms with Crippen LogP contribution in [0.4, 0.5) is 14.5 Å². The van der Waals surface area contributed by atoms with E-state index >= 15 is 0 Å². The van der Waals surface area contributed by atoms with Crippen molar-refractivity contribution in [3.63, 3.8) is 0 Å². The topological polar surface area (TPSA) is 43.1 Å². The van der Waals surface area contributed by atoms with Crippen LogP contribution in [0.1, 0.15) is 5.56 Å². The number of non-ortho nitro benzene ring substituents is 1. The van der Waals surface area contributed by atoms with E-state index in [4.69, 9.17) is 0 Å². The van der Waals surface area contributed by atoms with Gasteiger partial charge in [0.2, 0.25) is 0 Å². The van der Waals surface area contributed by atoms with E-state index in [1.807, 2.05) is 0 Å². The van der Waals surface area contributed by atoms with Gasteiger partial charge in [0.25, 0.3) is 5.69 Å². The van der Waals surface area contributed by atoms with Crippen molar-refractivity contribution in [2.75, 3.05) is 6.26 Å². The number of thioether (sulfide) groups is 1. The van der Waals surface area contributed by atoms with Crippen molar-refractivity contribution in [3.05, 3.63) is 39.9 Å². The second-order valence-corrected chi connectivity index (χ2v) is 7.46. The van der Waals surface area contributed by atoms with E-state index < -0.39 is 13.4 Å². The van der Waals surface area contributed by atoms with Crippen molar-refractivity contribution in [3.8, 4) is 0 Å². The van der Waals surface area contributed by atoms with E-state index in [1.165, 1.54) is 30.5 Å². The first kappa shape index (κ1) is 14.8. The molecule has 0 fully saturated rings. The Labute approximate surface area is 117 Å². The van der Waals surface area contributed by atoms with Gasteiger partial charge in [-0.3, -0.25) is 10.1 Å². The number of nitro benzene ring substituents is 1. The lowest BCUT2D eigenvalue weighted by Crippen LogP contribution is -2.31. The normalized spacial score (nSPS) is 12.5. The molecule has 0 aromatic heterocycles. The van der Waals surface area contributed by atoms with Crippen molar-refractivity contribution in [2.45, 2.75) is 8.49 Å². The highest BCUT2D eigenvalue weighted by Crippen LogP contribution is 2.55. The van der Waals surface area contributed by atoms with Crippen LogP contribution in [-0.2, 0) is 3.23 Å². The fourth-order valence-corrected chi connectivity index (χ4v) is 2.96. The standard InChI is InChI=1S/C9H7Br2F2NO2S/c1-17-9(12,13)8(10,11)6-2-4-7(5-3-6)14(15)16/h2-5H,1H3. The molecule has 94 valence electrons. The highest BCUT2D eigenvalue weighted by atomic mass is 79.9. The molecule has 0 atom stereocenters. The van der Waals surface area contributed by atoms with Gasteiger partial charge in [0.1, 0.15) is 0 Å². The second-order valence-electron chi connectivity index (χ2n) is 3.10. The molecular formula is C9H7Br2F2NO2S. The quantitative estimate of drug-likeness (QED) is 0.432. The van der Waals surface area contributed by atoms with Gasteiger partial charge in [-0.25, -0.2) is 0 Å². The Kier molecular flexibility index (Phi) is 4.54. The van der Waals surface area contributed by atoms with Gasteiger partial charge in [0.15, 0.2) is 3.23 Å². The first-order valence-electron chi connectivity index (χ1n) is 4.28. The van der Waals surface area contributed by atoms with Crippen LogP contribution in [-0.4, -0.2) is 16.4 Å². The largest absolute Gasteiger partial charge is 0.322 e. The molecule has 0 spiro atoms. The molecule has 0 N–H and O–H groups in total. The maximum absolute atomic E-state index is 13.6. The van der Waals surface area contributed by atoms with Crippen molar-refractivity contribution in [2.24, 2.45) is 0 Å². The van der Waals surface area contributed by atoms with Crippen LogP contribution in [0.3, 0.4) is 0 Å². The molecule has 0 saturated heterocycles. The summed E-state index contributed by atoms with van der Waals surface area (Å²) < 4.78 is 25.5. The van der Waals surface area contributed by atoms with Crippen LogP contribution in [0.15, 0.2) is 24.3 Å². The zero-order valence-electron chi connectivity index (χ0n) is 8.49. The van der Waals surface area contributed by atoms with E-state index in [0.29, 0.717) is 11.8 Å². The Morgan fingerprint density at radius 3 is 2.12 bits per heavy atom.